The minimum atomic E-state index is -1.80. The van der Waals surface area contributed by atoms with Gasteiger partial charge in [-0.25, -0.2) is 0 Å². The van der Waals surface area contributed by atoms with Crippen molar-refractivity contribution in [2.75, 3.05) is 19.8 Å². The van der Waals surface area contributed by atoms with E-state index < -0.39 is 86.8 Å². The van der Waals surface area contributed by atoms with Gasteiger partial charge in [-0.05, 0) is 103 Å². The molecule has 0 radical (unpaired) electrons. The largest absolute Gasteiger partial charge is 0.394 e. The first-order valence-corrected chi connectivity index (χ1v) is 31.4. The van der Waals surface area contributed by atoms with Crippen LogP contribution in [-0.4, -0.2) is 140 Å². The predicted octanol–water partition coefficient (Wildman–Crippen LogP) is 11.6. The van der Waals surface area contributed by atoms with Crippen molar-refractivity contribution in [3.8, 4) is 0 Å². The molecule has 2 aliphatic heterocycles. The second kappa shape index (κ2) is 51.5. The fourth-order valence-corrected chi connectivity index (χ4v) is 9.30. The van der Waals surface area contributed by atoms with Crippen LogP contribution in [0.15, 0.2) is 134 Å². The summed E-state index contributed by atoms with van der Waals surface area (Å²) in [6, 6.07) is -0.952. The number of hydrogen-bond acceptors (Lipinski definition) is 13. The maximum atomic E-state index is 13.3. The van der Waals surface area contributed by atoms with Gasteiger partial charge >= 0.3 is 0 Å². The summed E-state index contributed by atoms with van der Waals surface area (Å²) in [5, 5.41) is 87.1. The monoisotopic (exact) mass is 1150 g/mol. The average molecular weight is 1150 g/mol. The molecule has 82 heavy (non-hydrogen) atoms. The number of carbonyl (C=O) groups excluding carboxylic acids is 1. The van der Waals surface area contributed by atoms with Crippen LogP contribution in [-0.2, 0) is 23.7 Å². The number of aliphatic hydroxyl groups excluding tert-OH is 8. The van der Waals surface area contributed by atoms with E-state index in [9.17, 15) is 45.6 Å². The number of carbonyl (C=O) groups is 1. The summed E-state index contributed by atoms with van der Waals surface area (Å²) in [7, 11) is 0. The van der Waals surface area contributed by atoms with Crippen LogP contribution in [0.1, 0.15) is 194 Å². The van der Waals surface area contributed by atoms with E-state index >= 15 is 0 Å². The van der Waals surface area contributed by atoms with Gasteiger partial charge in [0.05, 0.1) is 32.0 Å². The molecule has 2 saturated heterocycles. The highest BCUT2D eigenvalue weighted by Gasteiger charge is 2.51. The van der Waals surface area contributed by atoms with Crippen LogP contribution in [0.2, 0.25) is 0 Å². The second-order valence-electron chi connectivity index (χ2n) is 21.4. The molecule has 14 heteroatoms. The first kappa shape index (κ1) is 74.2. The van der Waals surface area contributed by atoms with Crippen molar-refractivity contribution in [1.29, 1.82) is 0 Å². The number of nitrogens with one attached hydrogen (secondary N) is 1. The molecule has 2 fully saturated rings. The Morgan fingerprint density at radius 1 is 0.451 bits per heavy atom. The molecule has 2 heterocycles. The lowest BCUT2D eigenvalue weighted by Gasteiger charge is -2.46. The maximum Gasteiger partial charge on any atom is 0.220 e. The summed E-state index contributed by atoms with van der Waals surface area (Å²) in [5.74, 6) is -0.275. The number of hydrogen-bond donors (Lipinski definition) is 9. The van der Waals surface area contributed by atoms with Crippen LogP contribution >= 0.6 is 0 Å². The Kier molecular flexibility index (Phi) is 46.7. The van der Waals surface area contributed by atoms with Crippen molar-refractivity contribution in [2.45, 2.75) is 267 Å². The molecule has 12 atom stereocenters. The molecule has 9 N–H and O–H groups in total. The van der Waals surface area contributed by atoms with E-state index in [0.717, 1.165) is 103 Å². The van der Waals surface area contributed by atoms with Gasteiger partial charge in [-0.2, -0.15) is 0 Å². The Morgan fingerprint density at radius 3 is 1.34 bits per heavy atom. The molecule has 0 saturated carbocycles. The Bertz CT molecular complexity index is 1880. The topological polar surface area (TPSA) is 228 Å². The van der Waals surface area contributed by atoms with Crippen molar-refractivity contribution in [3.05, 3.63) is 134 Å². The normalized spacial score (nSPS) is 24.9. The molecular formula is C68H111NO13. The van der Waals surface area contributed by atoms with E-state index in [2.05, 4.69) is 141 Å². The lowest BCUT2D eigenvalue weighted by atomic mass is 9.97. The van der Waals surface area contributed by atoms with Gasteiger partial charge in [-0.1, -0.05) is 218 Å². The van der Waals surface area contributed by atoms with Crippen LogP contribution in [0.3, 0.4) is 0 Å². The van der Waals surface area contributed by atoms with Crippen LogP contribution in [0.5, 0.6) is 0 Å². The molecule has 0 aliphatic carbocycles. The Balaban J connectivity index is 1.73. The first-order chi connectivity index (χ1) is 40.1. The third-order valence-electron chi connectivity index (χ3n) is 14.3. The van der Waals surface area contributed by atoms with Crippen LogP contribution < -0.4 is 5.32 Å². The fourth-order valence-electron chi connectivity index (χ4n) is 9.30. The third kappa shape index (κ3) is 36.1. The third-order valence-corrected chi connectivity index (χ3v) is 14.3. The highest BCUT2D eigenvalue weighted by molar-refractivity contribution is 5.76. The zero-order valence-corrected chi connectivity index (χ0v) is 50.2. The van der Waals surface area contributed by atoms with Crippen molar-refractivity contribution >= 4 is 5.91 Å². The average Bonchev–Trinajstić information content (AvgIpc) is 3.60. The molecule has 466 valence electrons. The summed E-state index contributed by atoms with van der Waals surface area (Å²) < 4.78 is 22.7. The van der Waals surface area contributed by atoms with Crippen molar-refractivity contribution in [1.82, 2.24) is 5.32 Å². The number of allylic oxidation sites excluding steroid dienone is 21. The summed E-state index contributed by atoms with van der Waals surface area (Å²) in [5.41, 5.74) is 0. The van der Waals surface area contributed by atoms with Crippen LogP contribution in [0.25, 0.3) is 0 Å². The molecule has 14 nitrogen and oxygen atoms in total. The van der Waals surface area contributed by atoms with Crippen molar-refractivity contribution in [3.63, 3.8) is 0 Å². The number of rotatable bonds is 48. The van der Waals surface area contributed by atoms with Gasteiger partial charge < -0.3 is 65.1 Å². The smallest absolute Gasteiger partial charge is 0.220 e. The van der Waals surface area contributed by atoms with Gasteiger partial charge in [0.15, 0.2) is 12.6 Å². The van der Waals surface area contributed by atoms with Crippen molar-refractivity contribution < 1.29 is 64.6 Å². The minimum absolute atomic E-state index is 0.242. The van der Waals surface area contributed by atoms with E-state index in [-0.39, 0.29) is 18.9 Å². The van der Waals surface area contributed by atoms with E-state index in [1.807, 2.05) is 6.08 Å². The highest BCUT2D eigenvalue weighted by atomic mass is 16.7. The second-order valence-corrected chi connectivity index (χ2v) is 21.4. The number of amides is 1. The molecular weight excluding hydrogens is 1040 g/mol. The van der Waals surface area contributed by atoms with Crippen LogP contribution in [0, 0.1) is 0 Å². The summed E-state index contributed by atoms with van der Waals surface area (Å²) in [6.07, 6.45) is 59.2. The van der Waals surface area contributed by atoms with Crippen molar-refractivity contribution in [2.24, 2.45) is 0 Å². The Morgan fingerprint density at radius 2 is 0.854 bits per heavy atom. The molecule has 12 unspecified atom stereocenters. The standard InChI is InChI=1S/C68H111NO13/c1-3-5-7-9-11-13-15-17-19-20-21-22-23-24-25-26-27-28-29-30-31-32-33-34-35-36-38-40-42-44-46-48-50-52-60(73)69-56(57(72)51-49-47-45-43-41-39-37-18-16-14-12-10-8-6-4-2)55-79-67-65(78)63(76)66(59(54-71)81-67)82-68-64(77)62(75)61(74)58(53-70)80-68/h5,7,11,13,17,19,21-22,24-25,27-28,30-31,33-34,36,38,41,43,49,51,56-59,61-68,70-72,74-78H,3-4,6,8-10,12,14-16,18,20,23,26,29,32,35,37,39-40,42,44-48,50,52-55H2,1-2H3,(H,69,73)/b7-5-,13-11-,19-17-,22-21-,25-24-,28-27-,31-30-,34-33-,38-36-,43-41+,51-49+. The number of aliphatic hydroxyl groups is 8. The Hall–Kier alpha value is -3.87. The molecule has 2 rings (SSSR count). The van der Waals surface area contributed by atoms with E-state index in [4.69, 9.17) is 18.9 Å². The van der Waals surface area contributed by atoms with Gasteiger partial charge in [0.1, 0.15) is 48.8 Å². The minimum Gasteiger partial charge on any atom is -0.394 e. The first-order valence-electron chi connectivity index (χ1n) is 31.4. The summed E-state index contributed by atoms with van der Waals surface area (Å²) in [6.45, 7) is 2.62. The molecule has 0 aromatic carbocycles. The lowest BCUT2D eigenvalue weighted by Crippen LogP contribution is -2.65. The molecule has 2 aliphatic rings. The van der Waals surface area contributed by atoms with Gasteiger partial charge in [-0.3, -0.25) is 4.79 Å². The molecule has 1 amide bonds. The molecule has 0 bridgehead atoms. The van der Waals surface area contributed by atoms with Gasteiger partial charge in [0.25, 0.3) is 0 Å². The number of ether oxygens (including phenoxy) is 4. The SMILES string of the molecule is CC/C=C\C/C=C\C/C=C\C/C=C\C/C=C\C/C=C\C/C=C\C/C=C\C/C=C\CCCCCCCC(=O)NC(COC1OC(CO)C(OC2OC(CO)C(O)C(O)C2O)C(O)C1O)C(O)/C=C/CC/C=C/CCCCCCCCCCC. The summed E-state index contributed by atoms with van der Waals surface area (Å²) >= 11 is 0. The highest BCUT2D eigenvalue weighted by Crippen LogP contribution is 2.30. The van der Waals surface area contributed by atoms with E-state index in [0.29, 0.717) is 12.8 Å². The zero-order valence-electron chi connectivity index (χ0n) is 50.2. The molecule has 0 aromatic rings. The maximum absolute atomic E-state index is 13.3. The quantitative estimate of drug-likeness (QED) is 0.0204. The van der Waals surface area contributed by atoms with E-state index in [1.54, 1.807) is 6.08 Å². The predicted molar refractivity (Wildman–Crippen MR) is 331 cm³/mol. The number of unbranched alkanes of at least 4 members (excludes halogenated alkanes) is 15. The van der Waals surface area contributed by atoms with E-state index in [1.165, 1.54) is 57.8 Å². The van der Waals surface area contributed by atoms with Crippen LogP contribution in [0.4, 0.5) is 0 Å². The zero-order chi connectivity index (χ0) is 59.5. The van der Waals surface area contributed by atoms with Gasteiger partial charge in [0.2, 0.25) is 5.91 Å². The molecule has 0 aromatic heterocycles. The fraction of sp³-hybridized carbons (Fsp3) is 0.662. The molecule has 0 spiro atoms. The van der Waals surface area contributed by atoms with Gasteiger partial charge in [-0.15, -0.1) is 0 Å². The lowest BCUT2D eigenvalue weighted by molar-refractivity contribution is -0.359. The summed E-state index contributed by atoms with van der Waals surface area (Å²) in [4.78, 5) is 13.3. The Labute approximate surface area is 494 Å². The van der Waals surface area contributed by atoms with Gasteiger partial charge in [0, 0.05) is 6.42 Å².